The van der Waals surface area contributed by atoms with Crippen LogP contribution in [0.1, 0.15) is 25.0 Å². The maximum Gasteiger partial charge on any atom is 0.0468 e. The lowest BCUT2D eigenvalue weighted by Crippen LogP contribution is -2.15. The van der Waals surface area contributed by atoms with Crippen molar-refractivity contribution in [1.82, 2.24) is 0 Å². The van der Waals surface area contributed by atoms with Gasteiger partial charge in [-0.25, -0.2) is 0 Å². The summed E-state index contributed by atoms with van der Waals surface area (Å²) < 4.78 is 2.65. The Kier molecular flexibility index (Phi) is 7.42. The van der Waals surface area contributed by atoms with Gasteiger partial charge < -0.3 is 4.90 Å². The van der Waals surface area contributed by atoms with Crippen molar-refractivity contribution in [2.45, 2.75) is 19.3 Å². The van der Waals surface area contributed by atoms with Crippen LogP contribution in [0.25, 0.3) is 64.7 Å². The number of benzene rings is 8. The summed E-state index contributed by atoms with van der Waals surface area (Å²) in [6, 6.07) is 69.0. The number of hydrogen-bond acceptors (Lipinski definition) is 2. The largest absolute Gasteiger partial charge is 0.310 e. The highest BCUT2D eigenvalue weighted by molar-refractivity contribution is 7.25. The van der Waals surface area contributed by atoms with Gasteiger partial charge in [-0.2, -0.15) is 0 Å². The maximum absolute atomic E-state index is 2.42. The topological polar surface area (TPSA) is 3.24 Å². The molecule has 0 spiro atoms. The highest BCUT2D eigenvalue weighted by Crippen LogP contribution is 2.54. The van der Waals surface area contributed by atoms with E-state index in [4.69, 9.17) is 0 Å². The predicted octanol–water partition coefficient (Wildman–Crippen LogP) is 14.8. The molecule has 0 radical (unpaired) electrons. The van der Waals surface area contributed by atoms with Crippen molar-refractivity contribution >= 4 is 48.6 Å². The van der Waals surface area contributed by atoms with Crippen molar-refractivity contribution in [2.24, 2.45) is 0 Å². The fourth-order valence-electron chi connectivity index (χ4n) is 8.48. The molecule has 0 unspecified atom stereocenters. The molecule has 9 aromatic rings. The Balaban J connectivity index is 1.13. The van der Waals surface area contributed by atoms with Crippen LogP contribution >= 0.6 is 11.3 Å². The van der Waals surface area contributed by atoms with Gasteiger partial charge >= 0.3 is 0 Å². The summed E-state index contributed by atoms with van der Waals surface area (Å²) in [5.74, 6) is 0. The molecule has 1 aromatic heterocycles. The van der Waals surface area contributed by atoms with Crippen LogP contribution in [0.2, 0.25) is 0 Å². The van der Waals surface area contributed by atoms with Crippen LogP contribution in [0.3, 0.4) is 0 Å². The minimum absolute atomic E-state index is 0.107. The normalized spacial score (nSPS) is 12.9. The van der Waals surface area contributed by atoms with Crippen LogP contribution in [-0.2, 0) is 5.41 Å². The molecular weight excluding hydrogens is 659 g/mol. The monoisotopic (exact) mass is 695 g/mol. The summed E-state index contributed by atoms with van der Waals surface area (Å²) >= 11 is 1.87. The fourth-order valence-corrected chi connectivity index (χ4v) is 9.61. The Hall–Kier alpha value is -6.22. The van der Waals surface area contributed by atoms with E-state index in [0.717, 1.165) is 17.1 Å². The van der Waals surface area contributed by atoms with Crippen LogP contribution < -0.4 is 4.90 Å². The van der Waals surface area contributed by atoms with Gasteiger partial charge in [0.25, 0.3) is 0 Å². The van der Waals surface area contributed by atoms with Gasteiger partial charge in [-0.15, -0.1) is 11.3 Å². The van der Waals surface area contributed by atoms with Crippen molar-refractivity contribution in [3.63, 3.8) is 0 Å². The Morgan fingerprint density at radius 3 is 1.68 bits per heavy atom. The zero-order valence-electron chi connectivity index (χ0n) is 29.8. The van der Waals surface area contributed by atoms with Crippen molar-refractivity contribution < 1.29 is 0 Å². The van der Waals surface area contributed by atoms with Gasteiger partial charge in [0.05, 0.1) is 0 Å². The standard InChI is InChI=1S/C51H37NS/c1-51(2)45-32-31-40(33-44(45)49-41(18-11-20-46(49)51)36-15-7-4-8-16-36)52(38-27-23-35(24-28-38)34-13-5-3-6-14-34)39-29-25-37(26-30-39)42-19-12-22-48-50(42)43-17-9-10-21-47(43)53-48/h3-33H,1-2H3. The molecule has 1 aliphatic carbocycles. The average Bonchev–Trinajstić information content (AvgIpc) is 3.71. The number of anilines is 3. The predicted molar refractivity (Wildman–Crippen MR) is 228 cm³/mol. The second-order valence-electron chi connectivity index (χ2n) is 14.5. The van der Waals surface area contributed by atoms with Gasteiger partial charge in [0.2, 0.25) is 0 Å². The molecule has 0 aliphatic heterocycles. The third-order valence-electron chi connectivity index (χ3n) is 11.1. The van der Waals surface area contributed by atoms with E-state index in [-0.39, 0.29) is 5.41 Å². The van der Waals surface area contributed by atoms with E-state index in [1.165, 1.54) is 75.8 Å². The Bertz CT molecular complexity index is 2780. The molecule has 0 atom stereocenters. The van der Waals surface area contributed by atoms with Crippen LogP contribution in [0, 0.1) is 0 Å². The second kappa shape index (κ2) is 12.5. The molecule has 1 heterocycles. The van der Waals surface area contributed by atoms with E-state index < -0.39 is 0 Å². The first-order valence-electron chi connectivity index (χ1n) is 18.3. The summed E-state index contributed by atoms with van der Waals surface area (Å²) in [6.45, 7) is 4.73. The Morgan fingerprint density at radius 2 is 0.943 bits per heavy atom. The molecule has 8 aromatic carbocycles. The molecule has 0 amide bonds. The lowest BCUT2D eigenvalue weighted by Gasteiger charge is -2.27. The first kappa shape index (κ1) is 31.5. The van der Waals surface area contributed by atoms with Crippen LogP contribution in [-0.4, -0.2) is 0 Å². The Labute approximate surface area is 315 Å². The smallest absolute Gasteiger partial charge is 0.0468 e. The number of fused-ring (bicyclic) bond motifs is 6. The van der Waals surface area contributed by atoms with E-state index in [9.17, 15) is 0 Å². The average molecular weight is 696 g/mol. The van der Waals surface area contributed by atoms with Crippen molar-refractivity contribution in [2.75, 3.05) is 4.90 Å². The minimum Gasteiger partial charge on any atom is -0.310 e. The molecule has 0 fully saturated rings. The molecule has 2 heteroatoms. The summed E-state index contributed by atoms with van der Waals surface area (Å²) in [4.78, 5) is 2.41. The zero-order chi connectivity index (χ0) is 35.5. The van der Waals surface area contributed by atoms with E-state index in [1.807, 2.05) is 11.3 Å². The SMILES string of the molecule is CC1(C)c2ccc(N(c3ccc(-c4ccccc4)cc3)c3ccc(-c4cccc5sc6ccccc6c45)cc3)cc2-c2c(-c3ccccc3)cccc21. The number of rotatable bonds is 6. The molecule has 0 saturated heterocycles. The summed E-state index contributed by atoms with van der Waals surface area (Å²) in [5.41, 5.74) is 16.1. The van der Waals surface area contributed by atoms with E-state index >= 15 is 0 Å². The van der Waals surface area contributed by atoms with Gasteiger partial charge in [-0.3, -0.25) is 0 Å². The Morgan fingerprint density at radius 1 is 0.396 bits per heavy atom. The van der Waals surface area contributed by atoms with Crippen molar-refractivity contribution in [1.29, 1.82) is 0 Å². The number of thiophene rings is 1. The number of nitrogens with zero attached hydrogens (tertiary/aromatic N) is 1. The van der Waals surface area contributed by atoms with Crippen LogP contribution in [0.4, 0.5) is 17.1 Å². The minimum atomic E-state index is -0.107. The van der Waals surface area contributed by atoms with E-state index in [1.54, 1.807) is 0 Å². The maximum atomic E-state index is 2.42. The summed E-state index contributed by atoms with van der Waals surface area (Å²) in [6.07, 6.45) is 0. The molecule has 1 aliphatic rings. The number of hydrogen-bond donors (Lipinski definition) is 0. The molecule has 53 heavy (non-hydrogen) atoms. The molecule has 252 valence electrons. The molecule has 1 nitrogen and oxygen atoms in total. The van der Waals surface area contributed by atoms with E-state index in [2.05, 4.69) is 207 Å². The molecular formula is C51H37NS. The zero-order valence-corrected chi connectivity index (χ0v) is 30.6. The summed E-state index contributed by atoms with van der Waals surface area (Å²) in [5, 5.41) is 2.66. The lowest BCUT2D eigenvalue weighted by molar-refractivity contribution is 0.660. The highest BCUT2D eigenvalue weighted by Gasteiger charge is 2.37. The second-order valence-corrected chi connectivity index (χ2v) is 15.6. The first-order chi connectivity index (χ1) is 26.0. The van der Waals surface area contributed by atoms with Gasteiger partial charge in [0.1, 0.15) is 0 Å². The lowest BCUT2D eigenvalue weighted by atomic mass is 9.82. The van der Waals surface area contributed by atoms with Gasteiger partial charge in [0.15, 0.2) is 0 Å². The van der Waals surface area contributed by atoms with Crippen molar-refractivity contribution in [3.05, 3.63) is 199 Å². The van der Waals surface area contributed by atoms with E-state index in [0.29, 0.717) is 0 Å². The summed E-state index contributed by atoms with van der Waals surface area (Å²) in [7, 11) is 0. The van der Waals surface area contributed by atoms with Gasteiger partial charge in [-0.05, 0) is 104 Å². The fraction of sp³-hybridized carbons (Fsp3) is 0.0588. The van der Waals surface area contributed by atoms with Gasteiger partial charge in [-0.1, -0.05) is 153 Å². The third-order valence-corrected chi connectivity index (χ3v) is 12.2. The van der Waals surface area contributed by atoms with Crippen LogP contribution in [0.5, 0.6) is 0 Å². The van der Waals surface area contributed by atoms with Crippen molar-refractivity contribution in [3.8, 4) is 44.5 Å². The molecule has 0 N–H and O–H groups in total. The molecule has 0 saturated carbocycles. The first-order valence-corrected chi connectivity index (χ1v) is 19.2. The van der Waals surface area contributed by atoms with Crippen LogP contribution in [0.15, 0.2) is 188 Å². The molecule has 10 rings (SSSR count). The quantitative estimate of drug-likeness (QED) is 0.167. The molecule has 0 bridgehead atoms. The van der Waals surface area contributed by atoms with Gasteiger partial charge in [0, 0.05) is 42.6 Å². The highest BCUT2D eigenvalue weighted by atomic mass is 32.1. The third kappa shape index (κ3) is 5.21.